The minimum absolute atomic E-state index is 0.650. The maximum atomic E-state index is 5.46. The van der Waals surface area contributed by atoms with Gasteiger partial charge in [0.05, 0.1) is 32.0 Å². The van der Waals surface area contributed by atoms with Gasteiger partial charge >= 0.3 is 0 Å². The molecule has 2 heterocycles. The van der Waals surface area contributed by atoms with E-state index in [0.717, 1.165) is 56.7 Å². The van der Waals surface area contributed by atoms with Gasteiger partial charge in [0.2, 0.25) is 0 Å². The van der Waals surface area contributed by atoms with Crippen molar-refractivity contribution in [3.05, 3.63) is 65.0 Å². The van der Waals surface area contributed by atoms with Crippen LogP contribution >= 0.6 is 0 Å². The summed E-state index contributed by atoms with van der Waals surface area (Å²) in [6.45, 7) is 10.8. The number of hydrogen-bond acceptors (Lipinski definition) is 4. The molecule has 0 aliphatic carbocycles. The van der Waals surface area contributed by atoms with Crippen LogP contribution in [0, 0.1) is 6.92 Å². The van der Waals surface area contributed by atoms with Gasteiger partial charge in [0, 0.05) is 31.9 Å². The Morgan fingerprint density at radius 1 is 1.07 bits per heavy atom. The number of aryl methyl sites for hydroxylation is 1. The molecule has 3 rings (SSSR count). The maximum absolute atomic E-state index is 5.46. The Hall–Kier alpha value is -2.44. The number of hydrogen-bond donors (Lipinski definition) is 2. The highest BCUT2D eigenvalue weighted by Gasteiger charge is 2.12. The van der Waals surface area contributed by atoms with Crippen molar-refractivity contribution in [1.82, 2.24) is 20.5 Å². The summed E-state index contributed by atoms with van der Waals surface area (Å²) >= 11 is 0. The number of guanidine groups is 1. The molecule has 1 aromatic carbocycles. The lowest BCUT2D eigenvalue weighted by Crippen LogP contribution is -2.37. The predicted octanol–water partition coefficient (Wildman–Crippen LogP) is 2.48. The van der Waals surface area contributed by atoms with Gasteiger partial charge in [-0.05, 0) is 37.1 Å². The Kier molecular flexibility index (Phi) is 7.82. The zero-order valence-electron chi connectivity index (χ0n) is 16.9. The molecule has 0 amide bonds. The molecule has 1 aliphatic rings. The Bertz CT molecular complexity index is 771. The number of benzene rings is 1. The van der Waals surface area contributed by atoms with Crippen molar-refractivity contribution < 1.29 is 4.74 Å². The fourth-order valence-corrected chi connectivity index (χ4v) is 3.24. The van der Waals surface area contributed by atoms with E-state index in [-0.39, 0.29) is 0 Å². The molecular formula is C22H31N5O. The molecule has 0 unspecified atom stereocenters. The number of aliphatic imine (C=N–C) groups is 1. The highest BCUT2D eigenvalue weighted by molar-refractivity contribution is 5.79. The van der Waals surface area contributed by atoms with E-state index in [1.807, 2.05) is 25.1 Å². The van der Waals surface area contributed by atoms with Gasteiger partial charge in [0.25, 0.3) is 0 Å². The number of nitrogens with one attached hydrogen (secondary N) is 2. The highest BCUT2D eigenvalue weighted by Crippen LogP contribution is 2.14. The summed E-state index contributed by atoms with van der Waals surface area (Å²) in [5.41, 5.74) is 4.64. The van der Waals surface area contributed by atoms with E-state index in [0.29, 0.717) is 13.1 Å². The monoisotopic (exact) mass is 381 g/mol. The first-order valence-electron chi connectivity index (χ1n) is 10.1. The summed E-state index contributed by atoms with van der Waals surface area (Å²) in [5, 5.41) is 6.71. The summed E-state index contributed by atoms with van der Waals surface area (Å²) in [6.07, 6.45) is 0. The summed E-state index contributed by atoms with van der Waals surface area (Å²) in [7, 11) is 0. The van der Waals surface area contributed by atoms with Gasteiger partial charge in [-0.1, -0.05) is 30.3 Å². The Morgan fingerprint density at radius 3 is 2.61 bits per heavy atom. The molecule has 6 heteroatoms. The first kappa shape index (κ1) is 20.3. The average molecular weight is 382 g/mol. The summed E-state index contributed by atoms with van der Waals surface area (Å²) < 4.78 is 5.46. The third-order valence-electron chi connectivity index (χ3n) is 4.75. The van der Waals surface area contributed by atoms with Crippen molar-refractivity contribution in [2.24, 2.45) is 4.99 Å². The largest absolute Gasteiger partial charge is 0.379 e. The summed E-state index contributed by atoms with van der Waals surface area (Å²) in [5.74, 6) is 0.812. The van der Waals surface area contributed by atoms with Gasteiger partial charge in [-0.2, -0.15) is 0 Å². The molecule has 0 spiro atoms. The van der Waals surface area contributed by atoms with Crippen molar-refractivity contribution in [3.63, 3.8) is 0 Å². The second-order valence-corrected chi connectivity index (χ2v) is 6.98. The fraction of sp³-hybridized carbons (Fsp3) is 0.455. The number of aromatic nitrogens is 1. The molecule has 1 aliphatic heterocycles. The van der Waals surface area contributed by atoms with Crippen LogP contribution in [0.5, 0.6) is 0 Å². The van der Waals surface area contributed by atoms with Crippen LogP contribution in [0.25, 0.3) is 0 Å². The fourth-order valence-electron chi connectivity index (χ4n) is 3.24. The first-order chi connectivity index (χ1) is 13.7. The molecule has 2 N–H and O–H groups in total. The van der Waals surface area contributed by atoms with Crippen molar-refractivity contribution in [3.8, 4) is 0 Å². The van der Waals surface area contributed by atoms with Crippen LogP contribution in [0.2, 0.25) is 0 Å². The lowest BCUT2D eigenvalue weighted by molar-refractivity contribution is 0.0341. The normalized spacial score (nSPS) is 15.4. The second kappa shape index (κ2) is 10.8. The van der Waals surface area contributed by atoms with Crippen molar-refractivity contribution in [1.29, 1.82) is 0 Å². The van der Waals surface area contributed by atoms with E-state index >= 15 is 0 Å². The van der Waals surface area contributed by atoms with Gasteiger partial charge in [-0.3, -0.25) is 9.88 Å². The van der Waals surface area contributed by atoms with Gasteiger partial charge < -0.3 is 15.4 Å². The molecule has 28 heavy (non-hydrogen) atoms. The van der Waals surface area contributed by atoms with E-state index in [9.17, 15) is 0 Å². The van der Waals surface area contributed by atoms with Gasteiger partial charge in [-0.25, -0.2) is 4.99 Å². The van der Waals surface area contributed by atoms with Crippen LogP contribution in [0.1, 0.15) is 29.4 Å². The SMILES string of the molecule is CCNC(=NCc1ccccc1CN1CCOCC1)NCc1cccc(C)n1. The topological polar surface area (TPSA) is 61.8 Å². The number of nitrogens with zero attached hydrogens (tertiary/aromatic N) is 3. The molecule has 1 fully saturated rings. The molecule has 0 saturated carbocycles. The Labute approximate surface area is 168 Å². The van der Waals surface area contributed by atoms with E-state index in [1.54, 1.807) is 0 Å². The Morgan fingerprint density at radius 2 is 1.86 bits per heavy atom. The molecule has 1 aromatic heterocycles. The molecule has 0 radical (unpaired) electrons. The van der Waals surface area contributed by atoms with Gasteiger partial charge in [0.1, 0.15) is 0 Å². The van der Waals surface area contributed by atoms with Gasteiger partial charge in [-0.15, -0.1) is 0 Å². The molecule has 2 aromatic rings. The number of pyridine rings is 1. The number of ether oxygens (including phenoxy) is 1. The minimum Gasteiger partial charge on any atom is -0.379 e. The van der Waals surface area contributed by atoms with Gasteiger partial charge in [0.15, 0.2) is 5.96 Å². The molecule has 6 nitrogen and oxygen atoms in total. The van der Waals surface area contributed by atoms with E-state index < -0.39 is 0 Å². The smallest absolute Gasteiger partial charge is 0.191 e. The summed E-state index contributed by atoms with van der Waals surface area (Å²) in [4.78, 5) is 11.8. The molecular weight excluding hydrogens is 350 g/mol. The van der Waals surface area contributed by atoms with Crippen LogP contribution in [0.15, 0.2) is 47.5 Å². The van der Waals surface area contributed by atoms with Crippen molar-refractivity contribution >= 4 is 5.96 Å². The lowest BCUT2D eigenvalue weighted by Gasteiger charge is -2.27. The maximum Gasteiger partial charge on any atom is 0.191 e. The molecule has 150 valence electrons. The van der Waals surface area contributed by atoms with E-state index in [1.165, 1.54) is 11.1 Å². The first-order valence-corrected chi connectivity index (χ1v) is 10.1. The van der Waals surface area contributed by atoms with Crippen LogP contribution in [-0.2, 0) is 24.4 Å². The molecule has 0 bridgehead atoms. The standard InChI is InChI=1S/C22H31N5O/c1-3-23-22(25-16-21-10-6-7-18(2)26-21)24-15-19-8-4-5-9-20(19)17-27-11-13-28-14-12-27/h4-10H,3,11-17H2,1-2H3,(H2,23,24,25). The highest BCUT2D eigenvalue weighted by atomic mass is 16.5. The number of morpholine rings is 1. The predicted molar refractivity (Wildman–Crippen MR) is 113 cm³/mol. The van der Waals surface area contributed by atoms with Crippen LogP contribution in [0.4, 0.5) is 0 Å². The zero-order chi connectivity index (χ0) is 19.6. The van der Waals surface area contributed by atoms with Crippen LogP contribution in [-0.4, -0.2) is 48.7 Å². The third-order valence-corrected chi connectivity index (χ3v) is 4.75. The summed E-state index contributed by atoms with van der Waals surface area (Å²) in [6, 6.07) is 14.6. The average Bonchev–Trinajstić information content (AvgIpc) is 2.72. The third kappa shape index (κ3) is 6.32. The number of rotatable bonds is 7. The minimum atomic E-state index is 0.650. The van der Waals surface area contributed by atoms with Crippen LogP contribution < -0.4 is 10.6 Å². The van der Waals surface area contributed by atoms with Crippen molar-refractivity contribution in [2.75, 3.05) is 32.8 Å². The van der Waals surface area contributed by atoms with Crippen molar-refractivity contribution in [2.45, 2.75) is 33.5 Å². The van der Waals surface area contributed by atoms with E-state index in [2.05, 4.69) is 51.7 Å². The lowest BCUT2D eigenvalue weighted by atomic mass is 10.1. The second-order valence-electron chi connectivity index (χ2n) is 6.98. The zero-order valence-corrected chi connectivity index (χ0v) is 16.9. The molecule has 0 atom stereocenters. The van der Waals surface area contributed by atoms with E-state index in [4.69, 9.17) is 9.73 Å². The van der Waals surface area contributed by atoms with Crippen LogP contribution in [0.3, 0.4) is 0 Å². The quantitative estimate of drug-likeness (QED) is 0.570. The molecule has 1 saturated heterocycles. The Balaban J connectivity index is 1.63.